The largest absolute Gasteiger partial charge is 0.491 e. The Bertz CT molecular complexity index is 291. The summed E-state index contributed by atoms with van der Waals surface area (Å²) >= 11 is 5.75. The van der Waals surface area contributed by atoms with Crippen molar-refractivity contribution in [3.63, 3.8) is 0 Å². The lowest BCUT2D eigenvalue weighted by Crippen LogP contribution is -2.03. The van der Waals surface area contributed by atoms with Gasteiger partial charge in [-0.05, 0) is 18.2 Å². The third kappa shape index (κ3) is 3.44. The Kier molecular flexibility index (Phi) is 4.56. The first-order valence-corrected chi connectivity index (χ1v) is 4.78. The van der Waals surface area contributed by atoms with Crippen molar-refractivity contribution < 1.29 is 9.47 Å². The minimum absolute atomic E-state index is 0.565. The highest BCUT2D eigenvalue weighted by Crippen LogP contribution is 2.24. The summed E-state index contributed by atoms with van der Waals surface area (Å²) < 4.78 is 10.3. The zero-order valence-electron chi connectivity index (χ0n) is 8.13. The molecule has 0 saturated carbocycles. The maximum Gasteiger partial charge on any atom is 0.142 e. The van der Waals surface area contributed by atoms with Gasteiger partial charge in [0.25, 0.3) is 0 Å². The Morgan fingerprint density at radius 2 is 2.14 bits per heavy atom. The molecule has 1 aromatic carbocycles. The van der Waals surface area contributed by atoms with Crippen LogP contribution in [0.25, 0.3) is 0 Å². The van der Waals surface area contributed by atoms with Crippen molar-refractivity contribution in [2.75, 3.05) is 26.1 Å². The van der Waals surface area contributed by atoms with Crippen molar-refractivity contribution >= 4 is 17.3 Å². The minimum Gasteiger partial charge on any atom is -0.491 e. The molecule has 3 nitrogen and oxygen atoms in total. The molecule has 2 N–H and O–H groups in total. The Balaban J connectivity index is 2.42. The van der Waals surface area contributed by atoms with Crippen LogP contribution in [0.2, 0.25) is 5.02 Å². The second kappa shape index (κ2) is 5.73. The molecule has 1 rings (SSSR count). The predicted octanol–water partition coefficient (Wildman–Crippen LogP) is 2.34. The van der Waals surface area contributed by atoms with Crippen LogP contribution in [0.15, 0.2) is 18.2 Å². The standard InChI is InChI=1S/C10H14ClNO2/c1-13-5-2-6-14-10-4-3-8(11)7-9(10)12/h3-4,7H,2,5-6,12H2,1H3. The highest BCUT2D eigenvalue weighted by Gasteiger charge is 2.00. The molecule has 0 aromatic heterocycles. The van der Waals surface area contributed by atoms with Gasteiger partial charge in [0.15, 0.2) is 0 Å². The molecule has 0 heterocycles. The van der Waals surface area contributed by atoms with E-state index in [0.717, 1.165) is 6.42 Å². The number of rotatable bonds is 5. The van der Waals surface area contributed by atoms with Gasteiger partial charge in [0.1, 0.15) is 5.75 Å². The number of nitrogens with two attached hydrogens (primary N) is 1. The fourth-order valence-corrected chi connectivity index (χ4v) is 1.22. The summed E-state index contributed by atoms with van der Waals surface area (Å²) in [6.45, 7) is 1.28. The molecule has 0 fully saturated rings. The summed E-state index contributed by atoms with van der Waals surface area (Å²) in [5.41, 5.74) is 6.26. The van der Waals surface area contributed by atoms with Gasteiger partial charge < -0.3 is 15.2 Å². The number of anilines is 1. The Morgan fingerprint density at radius 1 is 1.36 bits per heavy atom. The summed E-state index contributed by atoms with van der Waals surface area (Å²) in [6.07, 6.45) is 0.846. The summed E-state index contributed by atoms with van der Waals surface area (Å²) in [7, 11) is 1.66. The zero-order chi connectivity index (χ0) is 10.4. The molecule has 0 radical (unpaired) electrons. The van der Waals surface area contributed by atoms with Crippen LogP contribution in [0.5, 0.6) is 5.75 Å². The summed E-state index contributed by atoms with van der Waals surface area (Å²) in [5, 5.41) is 0.617. The van der Waals surface area contributed by atoms with E-state index in [0.29, 0.717) is 29.7 Å². The van der Waals surface area contributed by atoms with E-state index >= 15 is 0 Å². The Labute approximate surface area is 88.8 Å². The molecule has 0 saturated heterocycles. The molecule has 0 bridgehead atoms. The van der Waals surface area contributed by atoms with Gasteiger partial charge in [-0.2, -0.15) is 0 Å². The third-order valence-electron chi connectivity index (χ3n) is 1.72. The van der Waals surface area contributed by atoms with Crippen LogP contribution in [0.1, 0.15) is 6.42 Å². The molecular weight excluding hydrogens is 202 g/mol. The number of ether oxygens (including phenoxy) is 2. The number of hydrogen-bond acceptors (Lipinski definition) is 3. The SMILES string of the molecule is COCCCOc1ccc(Cl)cc1N. The van der Waals surface area contributed by atoms with Gasteiger partial charge in [-0.1, -0.05) is 11.6 Å². The van der Waals surface area contributed by atoms with Crippen LogP contribution in [-0.4, -0.2) is 20.3 Å². The molecule has 0 aliphatic carbocycles. The van der Waals surface area contributed by atoms with E-state index in [4.69, 9.17) is 26.8 Å². The van der Waals surface area contributed by atoms with Gasteiger partial charge in [-0.25, -0.2) is 0 Å². The van der Waals surface area contributed by atoms with Crippen LogP contribution in [0.4, 0.5) is 5.69 Å². The molecule has 1 aromatic rings. The number of benzene rings is 1. The van der Waals surface area contributed by atoms with E-state index in [-0.39, 0.29) is 0 Å². The molecule has 0 spiro atoms. The molecular formula is C10H14ClNO2. The fraction of sp³-hybridized carbons (Fsp3) is 0.400. The smallest absolute Gasteiger partial charge is 0.142 e. The molecule has 78 valence electrons. The minimum atomic E-state index is 0.565. The van der Waals surface area contributed by atoms with E-state index in [9.17, 15) is 0 Å². The van der Waals surface area contributed by atoms with Crippen LogP contribution in [-0.2, 0) is 4.74 Å². The average Bonchev–Trinajstić information content (AvgIpc) is 2.15. The van der Waals surface area contributed by atoms with E-state index in [1.165, 1.54) is 0 Å². The lowest BCUT2D eigenvalue weighted by atomic mass is 10.3. The van der Waals surface area contributed by atoms with Crippen molar-refractivity contribution in [1.29, 1.82) is 0 Å². The van der Waals surface area contributed by atoms with Gasteiger partial charge >= 0.3 is 0 Å². The van der Waals surface area contributed by atoms with Crippen LogP contribution < -0.4 is 10.5 Å². The van der Waals surface area contributed by atoms with Crippen LogP contribution in [0.3, 0.4) is 0 Å². The molecule has 0 atom stereocenters. The highest BCUT2D eigenvalue weighted by atomic mass is 35.5. The fourth-order valence-electron chi connectivity index (χ4n) is 1.04. The van der Waals surface area contributed by atoms with Crippen molar-refractivity contribution in [2.24, 2.45) is 0 Å². The quantitative estimate of drug-likeness (QED) is 0.606. The maximum atomic E-state index is 5.75. The highest BCUT2D eigenvalue weighted by molar-refractivity contribution is 6.30. The van der Waals surface area contributed by atoms with Crippen molar-refractivity contribution in [3.8, 4) is 5.75 Å². The lowest BCUT2D eigenvalue weighted by molar-refractivity contribution is 0.172. The normalized spacial score (nSPS) is 10.1. The van der Waals surface area contributed by atoms with Gasteiger partial charge in [-0.3, -0.25) is 0 Å². The molecule has 0 amide bonds. The number of hydrogen-bond donors (Lipinski definition) is 1. The monoisotopic (exact) mass is 215 g/mol. The van der Waals surface area contributed by atoms with E-state index in [1.54, 1.807) is 25.3 Å². The van der Waals surface area contributed by atoms with Gasteiger partial charge in [0.2, 0.25) is 0 Å². The maximum absolute atomic E-state index is 5.75. The Hall–Kier alpha value is -0.930. The van der Waals surface area contributed by atoms with Crippen LogP contribution in [0, 0.1) is 0 Å². The number of halogens is 1. The van der Waals surface area contributed by atoms with Gasteiger partial charge in [0.05, 0.1) is 12.3 Å². The molecule has 0 unspecified atom stereocenters. The first-order chi connectivity index (χ1) is 6.74. The first-order valence-electron chi connectivity index (χ1n) is 4.41. The summed E-state index contributed by atoms with van der Waals surface area (Å²) in [4.78, 5) is 0. The second-order valence-electron chi connectivity index (χ2n) is 2.88. The van der Waals surface area contributed by atoms with Gasteiger partial charge in [0, 0.05) is 25.2 Å². The number of methoxy groups -OCH3 is 1. The van der Waals surface area contributed by atoms with Crippen molar-refractivity contribution in [2.45, 2.75) is 6.42 Å². The molecule has 0 aliphatic rings. The van der Waals surface area contributed by atoms with Gasteiger partial charge in [-0.15, -0.1) is 0 Å². The topological polar surface area (TPSA) is 44.5 Å². The predicted molar refractivity (Wildman–Crippen MR) is 57.9 cm³/mol. The average molecular weight is 216 g/mol. The van der Waals surface area contributed by atoms with Crippen molar-refractivity contribution in [3.05, 3.63) is 23.2 Å². The second-order valence-corrected chi connectivity index (χ2v) is 3.31. The molecule has 4 heteroatoms. The van der Waals surface area contributed by atoms with E-state index < -0.39 is 0 Å². The Morgan fingerprint density at radius 3 is 2.79 bits per heavy atom. The third-order valence-corrected chi connectivity index (χ3v) is 1.96. The van der Waals surface area contributed by atoms with E-state index in [2.05, 4.69) is 0 Å². The molecule has 14 heavy (non-hydrogen) atoms. The van der Waals surface area contributed by atoms with Crippen molar-refractivity contribution in [1.82, 2.24) is 0 Å². The molecule has 0 aliphatic heterocycles. The summed E-state index contributed by atoms with van der Waals surface area (Å²) in [6, 6.07) is 5.20. The van der Waals surface area contributed by atoms with Crippen LogP contribution >= 0.6 is 11.6 Å². The zero-order valence-corrected chi connectivity index (χ0v) is 8.88. The lowest BCUT2D eigenvalue weighted by Gasteiger charge is -2.08. The first kappa shape index (κ1) is 11.1. The summed E-state index contributed by atoms with van der Waals surface area (Å²) in [5.74, 6) is 0.672. The van der Waals surface area contributed by atoms with E-state index in [1.807, 2.05) is 0 Å². The number of nitrogen functional groups attached to an aromatic ring is 1.